The van der Waals surface area contributed by atoms with Crippen LogP contribution in [0.25, 0.3) is 0 Å². The van der Waals surface area contributed by atoms with Gasteiger partial charge in [0.15, 0.2) is 5.82 Å². The molecule has 0 radical (unpaired) electrons. The first-order chi connectivity index (χ1) is 9.76. The highest BCUT2D eigenvalue weighted by atomic mass is 15.5. The molecule has 0 aliphatic heterocycles. The lowest BCUT2D eigenvalue weighted by Gasteiger charge is -2.32. The zero-order chi connectivity index (χ0) is 14.4. The molecule has 3 N–H and O–H groups in total. The highest BCUT2D eigenvalue weighted by Gasteiger charge is 2.26. The van der Waals surface area contributed by atoms with Crippen LogP contribution in [0.1, 0.15) is 70.7 Å². The molecule has 1 saturated carbocycles. The first kappa shape index (κ1) is 15.4. The van der Waals surface area contributed by atoms with Crippen LogP contribution in [0.5, 0.6) is 0 Å². The minimum absolute atomic E-state index is 0.205. The number of nitrogens with one attached hydrogen (secondary N) is 1. The van der Waals surface area contributed by atoms with Crippen molar-refractivity contribution in [2.75, 3.05) is 0 Å². The van der Waals surface area contributed by atoms with Crippen LogP contribution in [0.2, 0.25) is 0 Å². The van der Waals surface area contributed by atoms with Gasteiger partial charge in [0.2, 0.25) is 0 Å². The molecule has 1 heterocycles. The lowest BCUT2D eigenvalue weighted by Crippen LogP contribution is -2.48. The number of nitrogens with zero attached hydrogens (tertiary/aromatic N) is 4. The van der Waals surface area contributed by atoms with Crippen LogP contribution in [0.15, 0.2) is 0 Å². The molecule has 0 saturated heterocycles. The summed E-state index contributed by atoms with van der Waals surface area (Å²) < 4.78 is 1.94. The van der Waals surface area contributed by atoms with E-state index in [-0.39, 0.29) is 12.1 Å². The molecule has 3 unspecified atom stereocenters. The van der Waals surface area contributed by atoms with Crippen LogP contribution in [0.4, 0.5) is 0 Å². The van der Waals surface area contributed by atoms with Gasteiger partial charge < -0.3 is 11.1 Å². The van der Waals surface area contributed by atoms with E-state index >= 15 is 0 Å². The summed E-state index contributed by atoms with van der Waals surface area (Å²) in [6, 6.07) is 0.860. The average molecular weight is 280 g/mol. The van der Waals surface area contributed by atoms with Crippen LogP contribution < -0.4 is 11.1 Å². The van der Waals surface area contributed by atoms with E-state index in [1.54, 1.807) is 0 Å². The molecule has 3 atom stereocenters. The average Bonchev–Trinajstić information content (AvgIpc) is 2.92. The highest BCUT2D eigenvalue weighted by molar-refractivity contribution is 4.95. The Morgan fingerprint density at radius 2 is 2.15 bits per heavy atom. The van der Waals surface area contributed by atoms with Gasteiger partial charge in [0.25, 0.3) is 0 Å². The maximum atomic E-state index is 6.23. The molecule has 1 aliphatic rings. The molecule has 6 heteroatoms. The van der Waals surface area contributed by atoms with Crippen molar-refractivity contribution in [1.82, 2.24) is 25.5 Å². The van der Waals surface area contributed by atoms with Crippen molar-refractivity contribution in [2.45, 2.75) is 83.5 Å². The van der Waals surface area contributed by atoms with Gasteiger partial charge in [-0.1, -0.05) is 33.1 Å². The van der Waals surface area contributed by atoms with E-state index < -0.39 is 0 Å². The zero-order valence-electron chi connectivity index (χ0n) is 12.8. The third-order valence-corrected chi connectivity index (χ3v) is 4.24. The van der Waals surface area contributed by atoms with Crippen molar-refractivity contribution >= 4 is 0 Å². The van der Waals surface area contributed by atoms with E-state index in [0.717, 1.165) is 44.5 Å². The van der Waals surface area contributed by atoms with E-state index in [0.29, 0.717) is 6.04 Å². The molecule has 20 heavy (non-hydrogen) atoms. The normalized spacial score (nSPS) is 24.8. The third kappa shape index (κ3) is 3.76. The standard InChI is InChI=1S/C14H28N6/c1-3-5-10-20-14(17-18-19-20)12(4-2)16-13-9-7-6-8-11(13)15/h11-13,16H,3-10,15H2,1-2H3. The van der Waals surface area contributed by atoms with Gasteiger partial charge in [-0.15, -0.1) is 5.10 Å². The van der Waals surface area contributed by atoms with Crippen LogP contribution >= 0.6 is 0 Å². The van der Waals surface area contributed by atoms with Gasteiger partial charge in [0, 0.05) is 18.6 Å². The smallest absolute Gasteiger partial charge is 0.168 e. The Morgan fingerprint density at radius 3 is 2.85 bits per heavy atom. The molecule has 1 aromatic heterocycles. The molecule has 0 aromatic carbocycles. The van der Waals surface area contributed by atoms with Crippen LogP contribution in [0.3, 0.4) is 0 Å². The largest absolute Gasteiger partial charge is 0.326 e. The van der Waals surface area contributed by atoms with Crippen molar-refractivity contribution < 1.29 is 0 Å². The number of aryl methyl sites for hydroxylation is 1. The first-order valence-electron chi connectivity index (χ1n) is 8.04. The van der Waals surface area contributed by atoms with Gasteiger partial charge >= 0.3 is 0 Å². The Bertz CT molecular complexity index is 391. The predicted octanol–water partition coefficient (Wildman–Crippen LogP) is 1.78. The summed E-state index contributed by atoms with van der Waals surface area (Å²) in [5.41, 5.74) is 6.23. The summed E-state index contributed by atoms with van der Waals surface area (Å²) in [5, 5.41) is 15.9. The Hall–Kier alpha value is -1.01. The van der Waals surface area contributed by atoms with Crippen LogP contribution in [-0.4, -0.2) is 32.3 Å². The molecule has 0 bridgehead atoms. The second kappa shape index (κ2) is 7.69. The van der Waals surface area contributed by atoms with Gasteiger partial charge in [-0.2, -0.15) is 0 Å². The second-order valence-corrected chi connectivity index (χ2v) is 5.80. The molecule has 0 amide bonds. The van der Waals surface area contributed by atoms with Gasteiger partial charge in [-0.25, -0.2) is 4.68 Å². The fourth-order valence-corrected chi connectivity index (χ4v) is 2.93. The quantitative estimate of drug-likeness (QED) is 0.795. The molecule has 0 spiro atoms. The van der Waals surface area contributed by atoms with E-state index in [1.165, 1.54) is 12.8 Å². The maximum absolute atomic E-state index is 6.23. The maximum Gasteiger partial charge on any atom is 0.168 e. The zero-order valence-corrected chi connectivity index (χ0v) is 12.8. The van der Waals surface area contributed by atoms with Crippen LogP contribution in [-0.2, 0) is 6.54 Å². The van der Waals surface area contributed by atoms with Gasteiger partial charge in [0.05, 0.1) is 6.04 Å². The Labute approximate surface area is 121 Å². The molecular weight excluding hydrogens is 252 g/mol. The van der Waals surface area contributed by atoms with Crippen molar-refractivity contribution in [1.29, 1.82) is 0 Å². The highest BCUT2D eigenvalue weighted by Crippen LogP contribution is 2.22. The van der Waals surface area contributed by atoms with Crippen LogP contribution in [0, 0.1) is 0 Å². The Kier molecular flexibility index (Phi) is 5.91. The van der Waals surface area contributed by atoms with Gasteiger partial charge in [0.1, 0.15) is 0 Å². The predicted molar refractivity (Wildman–Crippen MR) is 79.1 cm³/mol. The van der Waals surface area contributed by atoms with Crippen molar-refractivity contribution in [2.24, 2.45) is 5.73 Å². The number of unbranched alkanes of at least 4 members (excludes halogenated alkanes) is 1. The third-order valence-electron chi connectivity index (χ3n) is 4.24. The number of rotatable bonds is 7. The number of nitrogens with two attached hydrogens (primary N) is 1. The summed E-state index contributed by atoms with van der Waals surface area (Å²) in [7, 11) is 0. The summed E-state index contributed by atoms with van der Waals surface area (Å²) in [5.74, 6) is 0.957. The van der Waals surface area contributed by atoms with E-state index in [4.69, 9.17) is 5.73 Å². The van der Waals surface area contributed by atoms with Crippen molar-refractivity contribution in [3.63, 3.8) is 0 Å². The molecule has 114 valence electrons. The lowest BCUT2D eigenvalue weighted by atomic mass is 9.90. The summed E-state index contributed by atoms with van der Waals surface area (Å²) in [4.78, 5) is 0. The topological polar surface area (TPSA) is 81.7 Å². The first-order valence-corrected chi connectivity index (χ1v) is 8.04. The molecule has 1 aromatic rings. The minimum atomic E-state index is 0.205. The number of hydrogen-bond acceptors (Lipinski definition) is 5. The second-order valence-electron chi connectivity index (χ2n) is 5.80. The fraction of sp³-hybridized carbons (Fsp3) is 0.929. The van der Waals surface area contributed by atoms with E-state index in [2.05, 4.69) is 34.7 Å². The minimum Gasteiger partial charge on any atom is -0.326 e. The molecule has 1 aliphatic carbocycles. The lowest BCUT2D eigenvalue weighted by molar-refractivity contribution is 0.288. The Balaban J connectivity index is 2.02. The van der Waals surface area contributed by atoms with Gasteiger partial charge in [-0.3, -0.25) is 0 Å². The molecule has 2 rings (SSSR count). The number of tetrazole rings is 1. The number of hydrogen-bond donors (Lipinski definition) is 2. The van der Waals surface area contributed by atoms with Crippen molar-refractivity contribution in [3.05, 3.63) is 5.82 Å². The summed E-state index contributed by atoms with van der Waals surface area (Å²) in [6.07, 6.45) is 8.04. The van der Waals surface area contributed by atoms with E-state index in [1.807, 2.05) is 4.68 Å². The molecular formula is C14H28N6. The SMILES string of the molecule is CCCCn1nnnc1C(CC)NC1CCCCC1N. The Morgan fingerprint density at radius 1 is 1.35 bits per heavy atom. The van der Waals surface area contributed by atoms with E-state index in [9.17, 15) is 0 Å². The summed E-state index contributed by atoms with van der Waals surface area (Å²) >= 11 is 0. The van der Waals surface area contributed by atoms with Gasteiger partial charge in [-0.05, 0) is 36.1 Å². The van der Waals surface area contributed by atoms with Crippen molar-refractivity contribution in [3.8, 4) is 0 Å². The fourth-order valence-electron chi connectivity index (χ4n) is 2.93. The number of aromatic nitrogens is 4. The molecule has 6 nitrogen and oxygen atoms in total. The molecule has 1 fully saturated rings. The monoisotopic (exact) mass is 280 g/mol. The summed E-state index contributed by atoms with van der Waals surface area (Å²) in [6.45, 7) is 5.25.